The summed E-state index contributed by atoms with van der Waals surface area (Å²) in [7, 11) is 0. The van der Waals surface area contributed by atoms with E-state index in [2.05, 4.69) is 15.4 Å². The van der Waals surface area contributed by atoms with Gasteiger partial charge in [0.25, 0.3) is 5.91 Å². The largest absolute Gasteiger partial charge is 0.368 e. The number of hydrogen-bond acceptors (Lipinski definition) is 6. The standard InChI is InChI=1S/C21H16F3N5O2S/c22-12-3-5-14(6-4-12)29-18(19(25)30)9-17(28-29)20(31)27-21-26-10-15(32-21)7-11-1-2-13(23)8-16(11)24/h1-6,8,10,18H,7,9H2,(H2,25,30)(H,26,27,31). The Balaban J connectivity index is 1.47. The summed E-state index contributed by atoms with van der Waals surface area (Å²) in [4.78, 5) is 29.3. The molecule has 164 valence electrons. The minimum atomic E-state index is -0.894. The lowest BCUT2D eigenvalue weighted by atomic mass is 10.1. The van der Waals surface area contributed by atoms with E-state index < -0.39 is 35.3 Å². The van der Waals surface area contributed by atoms with Crippen LogP contribution in [0.2, 0.25) is 0 Å². The number of anilines is 2. The third kappa shape index (κ3) is 4.62. The van der Waals surface area contributed by atoms with Crippen molar-refractivity contribution in [2.75, 3.05) is 10.3 Å². The second kappa shape index (κ2) is 8.79. The van der Waals surface area contributed by atoms with Crippen molar-refractivity contribution < 1.29 is 22.8 Å². The van der Waals surface area contributed by atoms with Crippen molar-refractivity contribution in [3.8, 4) is 0 Å². The van der Waals surface area contributed by atoms with E-state index in [1.165, 1.54) is 47.6 Å². The number of benzene rings is 2. The summed E-state index contributed by atoms with van der Waals surface area (Å²) in [5, 5.41) is 8.32. The molecule has 1 unspecified atom stereocenters. The molecule has 2 heterocycles. The zero-order chi connectivity index (χ0) is 22.8. The van der Waals surface area contributed by atoms with Crippen molar-refractivity contribution >= 4 is 39.7 Å². The molecular formula is C21H16F3N5O2S. The van der Waals surface area contributed by atoms with E-state index >= 15 is 0 Å². The zero-order valence-electron chi connectivity index (χ0n) is 16.4. The van der Waals surface area contributed by atoms with Crippen LogP contribution < -0.4 is 16.1 Å². The molecule has 11 heteroatoms. The fourth-order valence-electron chi connectivity index (χ4n) is 3.17. The van der Waals surface area contributed by atoms with E-state index in [1.807, 2.05) is 0 Å². The Kier molecular flexibility index (Phi) is 5.91. The van der Waals surface area contributed by atoms with Gasteiger partial charge in [-0.15, -0.1) is 11.3 Å². The van der Waals surface area contributed by atoms with Crippen LogP contribution in [0.1, 0.15) is 16.9 Å². The van der Waals surface area contributed by atoms with Crippen LogP contribution in [0.4, 0.5) is 24.0 Å². The van der Waals surface area contributed by atoms with Crippen LogP contribution in [0.15, 0.2) is 53.8 Å². The highest BCUT2D eigenvalue weighted by Gasteiger charge is 2.35. The van der Waals surface area contributed by atoms with Crippen LogP contribution in [0.3, 0.4) is 0 Å². The number of hydrazone groups is 1. The van der Waals surface area contributed by atoms with Crippen molar-refractivity contribution in [3.05, 3.63) is 76.6 Å². The molecule has 2 aromatic carbocycles. The predicted molar refractivity (Wildman–Crippen MR) is 114 cm³/mol. The predicted octanol–water partition coefficient (Wildman–Crippen LogP) is 3.21. The van der Waals surface area contributed by atoms with Gasteiger partial charge in [0.15, 0.2) is 5.13 Å². The van der Waals surface area contributed by atoms with Gasteiger partial charge in [0, 0.05) is 30.0 Å². The normalized spacial score (nSPS) is 15.5. The van der Waals surface area contributed by atoms with E-state index in [9.17, 15) is 22.8 Å². The number of amides is 2. The second-order valence-corrected chi connectivity index (χ2v) is 8.10. The lowest BCUT2D eigenvalue weighted by Crippen LogP contribution is -2.39. The fraction of sp³-hybridized carbons (Fsp3) is 0.143. The van der Waals surface area contributed by atoms with E-state index in [-0.39, 0.29) is 23.7 Å². The summed E-state index contributed by atoms with van der Waals surface area (Å²) >= 11 is 1.13. The third-order valence-electron chi connectivity index (χ3n) is 4.75. The first-order chi connectivity index (χ1) is 15.3. The maximum absolute atomic E-state index is 13.9. The number of rotatable bonds is 6. The molecule has 2 amide bonds. The number of primary amides is 1. The van der Waals surface area contributed by atoms with Crippen molar-refractivity contribution in [1.82, 2.24) is 4.98 Å². The maximum Gasteiger partial charge on any atom is 0.273 e. The monoisotopic (exact) mass is 459 g/mol. The van der Waals surface area contributed by atoms with Gasteiger partial charge in [0.05, 0.1) is 5.69 Å². The number of carbonyl (C=O) groups excluding carboxylic acids is 2. The van der Waals surface area contributed by atoms with Gasteiger partial charge < -0.3 is 5.73 Å². The average Bonchev–Trinajstić information content (AvgIpc) is 3.38. The van der Waals surface area contributed by atoms with Crippen LogP contribution in [-0.4, -0.2) is 28.6 Å². The molecule has 0 bridgehead atoms. The Bertz CT molecular complexity index is 1210. The van der Waals surface area contributed by atoms with Crippen molar-refractivity contribution in [2.45, 2.75) is 18.9 Å². The summed E-state index contributed by atoms with van der Waals surface area (Å²) in [6, 6.07) is 7.71. The molecule has 4 rings (SSSR count). The Morgan fingerprint density at radius 3 is 2.53 bits per heavy atom. The van der Waals surface area contributed by atoms with Crippen molar-refractivity contribution in [1.29, 1.82) is 0 Å². The van der Waals surface area contributed by atoms with E-state index in [1.54, 1.807) is 0 Å². The number of hydrogen-bond donors (Lipinski definition) is 2. The molecule has 1 aliphatic heterocycles. The first-order valence-electron chi connectivity index (χ1n) is 9.41. The van der Waals surface area contributed by atoms with Crippen molar-refractivity contribution in [3.63, 3.8) is 0 Å². The van der Waals surface area contributed by atoms with Gasteiger partial charge in [-0.25, -0.2) is 18.2 Å². The quantitative estimate of drug-likeness (QED) is 0.591. The third-order valence-corrected chi connectivity index (χ3v) is 5.66. The van der Waals surface area contributed by atoms with Gasteiger partial charge in [-0.05, 0) is 35.9 Å². The summed E-state index contributed by atoms with van der Waals surface area (Å²) in [6.07, 6.45) is 1.64. The number of thiazole rings is 1. The molecule has 0 fully saturated rings. The minimum Gasteiger partial charge on any atom is -0.368 e. The Labute approximate surface area is 184 Å². The van der Waals surface area contributed by atoms with Crippen LogP contribution in [0, 0.1) is 17.5 Å². The number of aromatic nitrogens is 1. The Hall–Kier alpha value is -3.73. The van der Waals surface area contributed by atoms with Crippen LogP contribution in [0.25, 0.3) is 0 Å². The topological polar surface area (TPSA) is 101 Å². The number of carbonyl (C=O) groups is 2. The van der Waals surface area contributed by atoms with Crippen LogP contribution in [0.5, 0.6) is 0 Å². The van der Waals surface area contributed by atoms with E-state index in [0.717, 1.165) is 17.4 Å². The molecule has 1 atom stereocenters. The highest BCUT2D eigenvalue weighted by molar-refractivity contribution is 7.15. The zero-order valence-corrected chi connectivity index (χ0v) is 17.2. The highest BCUT2D eigenvalue weighted by atomic mass is 32.1. The SMILES string of the molecule is NC(=O)C1CC(C(=O)Nc2ncc(Cc3ccc(F)cc3F)s2)=NN1c1ccc(F)cc1. The molecule has 1 aliphatic rings. The maximum atomic E-state index is 13.9. The molecule has 0 radical (unpaired) electrons. The van der Waals surface area contributed by atoms with Gasteiger partial charge in [0.1, 0.15) is 29.2 Å². The van der Waals surface area contributed by atoms with E-state index in [4.69, 9.17) is 5.73 Å². The van der Waals surface area contributed by atoms with Gasteiger partial charge in [-0.3, -0.25) is 19.9 Å². The molecule has 3 N–H and O–H groups in total. The summed E-state index contributed by atoms with van der Waals surface area (Å²) in [5.41, 5.74) is 6.21. The molecule has 0 aliphatic carbocycles. The lowest BCUT2D eigenvalue weighted by Gasteiger charge is -2.20. The van der Waals surface area contributed by atoms with E-state index in [0.29, 0.717) is 16.1 Å². The molecule has 7 nitrogen and oxygen atoms in total. The first-order valence-corrected chi connectivity index (χ1v) is 10.2. The Morgan fingerprint density at radius 1 is 1.12 bits per heavy atom. The van der Waals surface area contributed by atoms with Crippen molar-refractivity contribution in [2.24, 2.45) is 10.8 Å². The molecule has 1 aromatic heterocycles. The van der Waals surface area contributed by atoms with Gasteiger partial charge in [-0.1, -0.05) is 6.07 Å². The number of nitrogens with two attached hydrogens (primary N) is 1. The molecule has 3 aromatic rings. The van der Waals surface area contributed by atoms with Gasteiger partial charge in [0.2, 0.25) is 5.91 Å². The van der Waals surface area contributed by atoms with Crippen LogP contribution in [-0.2, 0) is 16.0 Å². The Morgan fingerprint density at radius 2 is 1.84 bits per heavy atom. The van der Waals surface area contributed by atoms with Gasteiger partial charge in [-0.2, -0.15) is 5.10 Å². The summed E-state index contributed by atoms with van der Waals surface area (Å²) in [6.45, 7) is 0. The molecule has 0 saturated heterocycles. The first kappa shape index (κ1) is 21.5. The van der Waals surface area contributed by atoms with Gasteiger partial charge >= 0.3 is 0 Å². The summed E-state index contributed by atoms with van der Waals surface area (Å²) < 4.78 is 40.1. The smallest absolute Gasteiger partial charge is 0.273 e. The minimum absolute atomic E-state index is 0.0302. The van der Waals surface area contributed by atoms with Crippen LogP contribution >= 0.6 is 11.3 Å². The molecule has 0 spiro atoms. The fourth-order valence-corrected chi connectivity index (χ4v) is 4.00. The molecular weight excluding hydrogens is 443 g/mol. The molecule has 32 heavy (non-hydrogen) atoms. The lowest BCUT2D eigenvalue weighted by molar-refractivity contribution is -0.119. The molecule has 0 saturated carbocycles. The number of nitrogens with zero attached hydrogens (tertiary/aromatic N) is 3. The highest BCUT2D eigenvalue weighted by Crippen LogP contribution is 2.26. The number of halogens is 3. The number of nitrogens with one attached hydrogen (secondary N) is 1. The summed E-state index contributed by atoms with van der Waals surface area (Å²) in [5.74, 6) is -3.04. The average molecular weight is 459 g/mol. The second-order valence-electron chi connectivity index (χ2n) is 6.99.